The smallest absolute Gasteiger partial charge is 0.326 e. The van der Waals surface area contributed by atoms with E-state index in [0.717, 1.165) is 12.8 Å². The SMILES string of the molecule is CCCc1noc(CCC(=O)N[C@H](CCSC)C(=O)O)n1. The Morgan fingerprint density at radius 2 is 2.19 bits per heavy atom. The lowest BCUT2D eigenvalue weighted by Gasteiger charge is -2.13. The molecule has 0 saturated heterocycles. The summed E-state index contributed by atoms with van der Waals surface area (Å²) in [5.41, 5.74) is 0. The molecule has 0 fully saturated rings. The van der Waals surface area contributed by atoms with Gasteiger partial charge in [0, 0.05) is 19.3 Å². The Bertz CT molecular complexity index is 464. The number of amides is 1. The minimum absolute atomic E-state index is 0.136. The van der Waals surface area contributed by atoms with Crippen molar-refractivity contribution >= 4 is 23.6 Å². The number of hydrogen-bond donors (Lipinski definition) is 2. The number of rotatable bonds is 10. The summed E-state index contributed by atoms with van der Waals surface area (Å²) in [5, 5.41) is 15.3. The Balaban J connectivity index is 2.39. The van der Waals surface area contributed by atoms with Gasteiger partial charge in [-0.15, -0.1) is 0 Å². The molecule has 0 aliphatic heterocycles. The van der Waals surface area contributed by atoms with Crippen molar-refractivity contribution in [3.63, 3.8) is 0 Å². The first kappa shape index (κ1) is 17.5. The molecule has 0 aliphatic rings. The zero-order chi connectivity index (χ0) is 15.7. The zero-order valence-electron chi connectivity index (χ0n) is 12.3. The summed E-state index contributed by atoms with van der Waals surface area (Å²) in [6, 6.07) is -0.844. The first-order valence-corrected chi connectivity index (χ1v) is 8.28. The Hall–Kier alpha value is -1.57. The van der Waals surface area contributed by atoms with Gasteiger partial charge in [0.05, 0.1) is 0 Å². The number of nitrogens with one attached hydrogen (secondary N) is 1. The molecule has 0 saturated carbocycles. The summed E-state index contributed by atoms with van der Waals surface area (Å²) in [6.07, 6.45) is 4.42. The molecule has 7 nitrogen and oxygen atoms in total. The largest absolute Gasteiger partial charge is 0.480 e. The highest BCUT2D eigenvalue weighted by atomic mass is 32.2. The number of aliphatic carboxylic acids is 1. The summed E-state index contributed by atoms with van der Waals surface area (Å²) < 4.78 is 5.02. The third-order valence-corrected chi connectivity index (χ3v) is 3.44. The number of aromatic nitrogens is 2. The van der Waals surface area contributed by atoms with Crippen LogP contribution in [-0.4, -0.2) is 45.2 Å². The Kier molecular flexibility index (Phi) is 7.81. The molecule has 1 rings (SSSR count). The van der Waals surface area contributed by atoms with Crippen LogP contribution in [0.2, 0.25) is 0 Å². The molecule has 0 unspecified atom stereocenters. The maximum atomic E-state index is 11.8. The van der Waals surface area contributed by atoms with Gasteiger partial charge in [-0.1, -0.05) is 12.1 Å². The van der Waals surface area contributed by atoms with Gasteiger partial charge in [-0.05, 0) is 24.9 Å². The van der Waals surface area contributed by atoms with Gasteiger partial charge in [0.25, 0.3) is 0 Å². The van der Waals surface area contributed by atoms with Crippen LogP contribution in [0.1, 0.15) is 37.9 Å². The molecule has 8 heteroatoms. The molecular formula is C13H21N3O4S. The van der Waals surface area contributed by atoms with Gasteiger partial charge in [0.15, 0.2) is 5.82 Å². The van der Waals surface area contributed by atoms with Crippen molar-refractivity contribution in [1.82, 2.24) is 15.5 Å². The Labute approximate surface area is 127 Å². The summed E-state index contributed by atoms with van der Waals surface area (Å²) >= 11 is 1.54. The van der Waals surface area contributed by atoms with Crippen LogP contribution in [0, 0.1) is 0 Å². The molecule has 0 radical (unpaired) electrons. The minimum Gasteiger partial charge on any atom is -0.480 e. The van der Waals surface area contributed by atoms with E-state index >= 15 is 0 Å². The molecule has 1 heterocycles. The van der Waals surface area contributed by atoms with Crippen molar-refractivity contribution in [2.24, 2.45) is 0 Å². The first-order valence-electron chi connectivity index (χ1n) is 6.89. The van der Waals surface area contributed by atoms with Gasteiger partial charge in [-0.25, -0.2) is 4.79 Å². The van der Waals surface area contributed by atoms with E-state index in [4.69, 9.17) is 9.63 Å². The highest BCUT2D eigenvalue weighted by Crippen LogP contribution is 2.05. The van der Waals surface area contributed by atoms with E-state index in [0.29, 0.717) is 30.3 Å². The van der Waals surface area contributed by atoms with Crippen molar-refractivity contribution in [3.8, 4) is 0 Å². The monoisotopic (exact) mass is 315 g/mol. The number of hydrogen-bond acceptors (Lipinski definition) is 6. The topological polar surface area (TPSA) is 105 Å². The van der Waals surface area contributed by atoms with Crippen LogP contribution in [0.25, 0.3) is 0 Å². The second-order valence-corrected chi connectivity index (χ2v) is 5.58. The van der Waals surface area contributed by atoms with E-state index in [1.54, 1.807) is 11.8 Å². The molecule has 1 atom stereocenters. The zero-order valence-corrected chi connectivity index (χ0v) is 13.1. The maximum absolute atomic E-state index is 11.8. The molecule has 0 aliphatic carbocycles. The molecule has 1 aromatic rings. The second kappa shape index (κ2) is 9.38. The van der Waals surface area contributed by atoms with Crippen LogP contribution in [0.15, 0.2) is 4.52 Å². The highest BCUT2D eigenvalue weighted by Gasteiger charge is 2.19. The van der Waals surface area contributed by atoms with E-state index in [-0.39, 0.29) is 12.3 Å². The fourth-order valence-electron chi connectivity index (χ4n) is 1.70. The van der Waals surface area contributed by atoms with E-state index < -0.39 is 12.0 Å². The lowest BCUT2D eigenvalue weighted by Crippen LogP contribution is -2.41. The lowest BCUT2D eigenvalue weighted by atomic mass is 10.2. The number of carboxylic acids is 1. The predicted molar refractivity (Wildman–Crippen MR) is 79.2 cm³/mol. The molecule has 0 aromatic carbocycles. The van der Waals surface area contributed by atoms with Crippen molar-refractivity contribution in [3.05, 3.63) is 11.7 Å². The number of carbonyl (C=O) groups is 2. The van der Waals surface area contributed by atoms with E-state index in [1.165, 1.54) is 0 Å². The lowest BCUT2D eigenvalue weighted by molar-refractivity contribution is -0.141. The average Bonchev–Trinajstić information content (AvgIpc) is 2.89. The van der Waals surface area contributed by atoms with Gasteiger partial charge in [0.2, 0.25) is 11.8 Å². The van der Waals surface area contributed by atoms with Gasteiger partial charge < -0.3 is 14.9 Å². The fraction of sp³-hybridized carbons (Fsp3) is 0.692. The van der Waals surface area contributed by atoms with Crippen LogP contribution >= 0.6 is 11.8 Å². The van der Waals surface area contributed by atoms with Crippen LogP contribution < -0.4 is 5.32 Å². The summed E-state index contributed by atoms with van der Waals surface area (Å²) in [4.78, 5) is 26.9. The second-order valence-electron chi connectivity index (χ2n) is 4.59. The van der Waals surface area contributed by atoms with Gasteiger partial charge in [-0.3, -0.25) is 4.79 Å². The molecular weight excluding hydrogens is 294 g/mol. The molecule has 1 amide bonds. The Morgan fingerprint density at radius 1 is 1.43 bits per heavy atom. The number of thioether (sulfide) groups is 1. The molecule has 118 valence electrons. The number of carbonyl (C=O) groups excluding carboxylic acids is 1. The van der Waals surface area contributed by atoms with Crippen LogP contribution in [-0.2, 0) is 22.4 Å². The molecule has 0 bridgehead atoms. The standard InChI is InChI=1S/C13H21N3O4S/c1-3-4-10-15-12(20-16-10)6-5-11(17)14-9(13(18)19)7-8-21-2/h9H,3-8H2,1-2H3,(H,14,17)(H,18,19)/t9-/m1/s1. The predicted octanol–water partition coefficient (Wildman–Crippen LogP) is 1.28. The summed E-state index contributed by atoms with van der Waals surface area (Å²) in [6.45, 7) is 2.02. The highest BCUT2D eigenvalue weighted by molar-refractivity contribution is 7.98. The number of carboxylic acid groups (broad SMARTS) is 1. The van der Waals surface area contributed by atoms with Crippen molar-refractivity contribution in [2.45, 2.75) is 45.1 Å². The number of nitrogens with zero attached hydrogens (tertiary/aromatic N) is 2. The third-order valence-electron chi connectivity index (χ3n) is 2.79. The third kappa shape index (κ3) is 6.61. The van der Waals surface area contributed by atoms with E-state index in [1.807, 2.05) is 13.2 Å². The van der Waals surface area contributed by atoms with E-state index in [9.17, 15) is 9.59 Å². The quantitative estimate of drug-likeness (QED) is 0.670. The van der Waals surface area contributed by atoms with Crippen molar-refractivity contribution < 1.29 is 19.2 Å². The molecule has 1 aromatic heterocycles. The van der Waals surface area contributed by atoms with Crippen LogP contribution in [0.3, 0.4) is 0 Å². The summed E-state index contributed by atoms with van der Waals surface area (Å²) in [7, 11) is 0. The average molecular weight is 315 g/mol. The molecule has 0 spiro atoms. The number of aryl methyl sites for hydroxylation is 2. The summed E-state index contributed by atoms with van der Waals surface area (Å²) in [5.74, 6) is 0.390. The van der Waals surface area contributed by atoms with E-state index in [2.05, 4.69) is 15.5 Å². The normalized spacial score (nSPS) is 12.1. The van der Waals surface area contributed by atoms with Crippen LogP contribution in [0.4, 0.5) is 0 Å². The molecule has 21 heavy (non-hydrogen) atoms. The minimum atomic E-state index is -1.01. The van der Waals surface area contributed by atoms with Crippen molar-refractivity contribution in [1.29, 1.82) is 0 Å². The fourth-order valence-corrected chi connectivity index (χ4v) is 2.17. The first-order chi connectivity index (χ1) is 10.1. The van der Waals surface area contributed by atoms with Gasteiger partial charge >= 0.3 is 5.97 Å². The van der Waals surface area contributed by atoms with Gasteiger partial charge in [-0.2, -0.15) is 16.7 Å². The van der Waals surface area contributed by atoms with Gasteiger partial charge in [0.1, 0.15) is 6.04 Å². The Morgan fingerprint density at radius 3 is 2.81 bits per heavy atom. The van der Waals surface area contributed by atoms with Crippen LogP contribution in [0.5, 0.6) is 0 Å². The van der Waals surface area contributed by atoms with Crippen molar-refractivity contribution in [2.75, 3.05) is 12.0 Å². The molecule has 2 N–H and O–H groups in total. The maximum Gasteiger partial charge on any atom is 0.326 e.